The van der Waals surface area contributed by atoms with Crippen molar-refractivity contribution < 1.29 is 14.3 Å². The number of rotatable bonds is 5. The molecule has 0 bridgehead atoms. The summed E-state index contributed by atoms with van der Waals surface area (Å²) in [6.07, 6.45) is -0.691. The first kappa shape index (κ1) is 22.4. The summed E-state index contributed by atoms with van der Waals surface area (Å²) in [6.45, 7) is 1.44. The van der Waals surface area contributed by atoms with Gasteiger partial charge in [-0.1, -0.05) is 29.8 Å². The molecule has 0 aliphatic carbocycles. The number of nitrogens with one attached hydrogen (secondary N) is 1. The maximum Gasteiger partial charge on any atom is 0.255 e. The van der Waals surface area contributed by atoms with Gasteiger partial charge in [-0.05, 0) is 54.6 Å². The molecule has 1 heterocycles. The quantitative estimate of drug-likeness (QED) is 0.585. The van der Waals surface area contributed by atoms with E-state index in [4.69, 9.17) is 16.3 Å². The molecule has 7 nitrogen and oxygen atoms in total. The molecule has 0 spiro atoms. The van der Waals surface area contributed by atoms with Gasteiger partial charge in [-0.25, -0.2) is 0 Å². The maximum atomic E-state index is 12.4. The van der Waals surface area contributed by atoms with Crippen molar-refractivity contribution in [2.24, 2.45) is 5.10 Å². The Labute approximate surface area is 197 Å². The molecule has 0 radical (unpaired) electrons. The zero-order valence-corrected chi connectivity index (χ0v) is 19.2. The minimum absolute atomic E-state index is 0.238. The minimum Gasteiger partial charge on any atom is -0.446 e. The van der Waals surface area contributed by atoms with Crippen LogP contribution in [-0.2, 0) is 9.53 Å². The number of ether oxygens (including phenoxy) is 1. The van der Waals surface area contributed by atoms with Crippen LogP contribution in [0.3, 0.4) is 0 Å². The molecule has 0 unspecified atom stereocenters. The van der Waals surface area contributed by atoms with E-state index in [0.717, 1.165) is 16.8 Å². The third-order valence-electron chi connectivity index (χ3n) is 5.14. The lowest BCUT2D eigenvalue weighted by Gasteiger charge is -2.19. The average Bonchev–Trinajstić information content (AvgIpc) is 3.25. The topological polar surface area (TPSA) is 74.2 Å². The van der Waals surface area contributed by atoms with Crippen LogP contribution in [0.5, 0.6) is 0 Å². The van der Waals surface area contributed by atoms with Crippen molar-refractivity contribution in [1.29, 1.82) is 0 Å². The minimum atomic E-state index is -0.691. The number of carbonyl (C=O) groups is 2. The summed E-state index contributed by atoms with van der Waals surface area (Å²) in [4.78, 5) is 26.7. The number of halogens is 1. The number of hydrazone groups is 1. The Hall–Kier alpha value is -3.84. The van der Waals surface area contributed by atoms with Crippen molar-refractivity contribution in [3.63, 3.8) is 0 Å². The van der Waals surface area contributed by atoms with Crippen molar-refractivity contribution in [3.8, 4) is 0 Å². The van der Waals surface area contributed by atoms with Gasteiger partial charge < -0.3 is 15.0 Å². The average molecular weight is 463 g/mol. The second-order valence-electron chi connectivity index (χ2n) is 7.77. The van der Waals surface area contributed by atoms with Crippen molar-refractivity contribution in [2.75, 3.05) is 24.3 Å². The Morgan fingerprint density at radius 1 is 1.03 bits per heavy atom. The molecule has 168 valence electrons. The zero-order valence-electron chi connectivity index (χ0n) is 18.4. The smallest absolute Gasteiger partial charge is 0.255 e. The second-order valence-corrected chi connectivity index (χ2v) is 8.20. The molecule has 1 atom stereocenters. The van der Waals surface area contributed by atoms with E-state index in [0.29, 0.717) is 22.2 Å². The van der Waals surface area contributed by atoms with Crippen molar-refractivity contribution in [2.45, 2.75) is 13.2 Å². The first-order valence-corrected chi connectivity index (χ1v) is 10.7. The summed E-state index contributed by atoms with van der Waals surface area (Å²) < 4.78 is 6.05. The zero-order chi connectivity index (χ0) is 23.5. The normalized spacial score (nSPS) is 15.0. The highest BCUT2D eigenvalue weighted by Crippen LogP contribution is 2.31. The van der Waals surface area contributed by atoms with Gasteiger partial charge in [0.05, 0.1) is 0 Å². The van der Waals surface area contributed by atoms with Crippen molar-refractivity contribution >= 4 is 40.7 Å². The van der Waals surface area contributed by atoms with Crippen molar-refractivity contribution in [1.82, 2.24) is 5.01 Å². The van der Waals surface area contributed by atoms with Crippen LogP contribution in [-0.4, -0.2) is 36.8 Å². The van der Waals surface area contributed by atoms with Gasteiger partial charge in [0.15, 0.2) is 0 Å². The molecule has 0 saturated heterocycles. The molecule has 4 rings (SSSR count). The molecule has 1 aliphatic heterocycles. The summed E-state index contributed by atoms with van der Waals surface area (Å²) in [5.74, 6) is -0.128. The first-order valence-electron chi connectivity index (χ1n) is 10.3. The first-order chi connectivity index (χ1) is 15.8. The molecule has 8 heteroatoms. The standard InChI is InChI=1S/C25H23ClN4O3/c1-16(31)30-25(33-24(28-30)17-9-13-22(14-10-17)29(2)3)18-7-11-21(12-8-18)27-23(32)19-5-4-6-20(26)15-19/h4-15,25H,1-3H3,(H,27,32)/t25-/m0/s1. The van der Waals surface area contributed by atoms with E-state index < -0.39 is 6.23 Å². The number of carbonyl (C=O) groups excluding carboxylic acids is 2. The van der Waals surface area contributed by atoms with Gasteiger partial charge in [0, 0.05) is 54.1 Å². The lowest BCUT2D eigenvalue weighted by atomic mass is 10.1. The van der Waals surface area contributed by atoms with Crippen LogP contribution < -0.4 is 10.2 Å². The van der Waals surface area contributed by atoms with Gasteiger partial charge in [-0.15, -0.1) is 5.10 Å². The second kappa shape index (κ2) is 9.34. The lowest BCUT2D eigenvalue weighted by molar-refractivity contribution is -0.135. The molecule has 1 N–H and O–H groups in total. The van der Waals surface area contributed by atoms with E-state index in [-0.39, 0.29) is 11.8 Å². The fourth-order valence-corrected chi connectivity index (χ4v) is 3.56. The molecular weight excluding hydrogens is 440 g/mol. The van der Waals surface area contributed by atoms with Crippen LogP contribution in [0.2, 0.25) is 5.02 Å². The Morgan fingerprint density at radius 3 is 2.33 bits per heavy atom. The third kappa shape index (κ3) is 4.99. The van der Waals surface area contributed by atoms with Crippen LogP contribution in [0, 0.1) is 0 Å². The Bertz CT molecular complexity index is 1210. The predicted octanol–water partition coefficient (Wildman–Crippen LogP) is 4.90. The molecule has 1 aliphatic rings. The van der Waals surface area contributed by atoms with E-state index in [1.807, 2.05) is 43.3 Å². The van der Waals surface area contributed by atoms with E-state index in [1.54, 1.807) is 48.5 Å². The number of benzene rings is 3. The fraction of sp³-hybridized carbons (Fsp3) is 0.160. The van der Waals surface area contributed by atoms with Crippen LogP contribution >= 0.6 is 11.6 Å². The van der Waals surface area contributed by atoms with Gasteiger partial charge in [-0.2, -0.15) is 5.01 Å². The Balaban J connectivity index is 1.50. The SMILES string of the molecule is CC(=O)N1N=C(c2ccc(N(C)C)cc2)O[C@H]1c1ccc(NC(=O)c2cccc(Cl)c2)cc1. The number of nitrogens with zero attached hydrogens (tertiary/aromatic N) is 3. The third-order valence-corrected chi connectivity index (χ3v) is 5.37. The van der Waals surface area contributed by atoms with Gasteiger partial charge in [0.25, 0.3) is 5.91 Å². The molecule has 0 fully saturated rings. The van der Waals surface area contributed by atoms with E-state index in [2.05, 4.69) is 10.4 Å². The summed E-state index contributed by atoms with van der Waals surface area (Å²) in [6, 6.07) is 21.6. The molecule has 2 amide bonds. The van der Waals surface area contributed by atoms with Gasteiger partial charge in [0.2, 0.25) is 18.0 Å². The number of amides is 2. The highest BCUT2D eigenvalue weighted by molar-refractivity contribution is 6.31. The molecule has 0 aromatic heterocycles. The van der Waals surface area contributed by atoms with Gasteiger partial charge in [-0.3, -0.25) is 9.59 Å². The number of hydrogen-bond acceptors (Lipinski definition) is 5. The van der Waals surface area contributed by atoms with Crippen LogP contribution in [0.25, 0.3) is 0 Å². The summed E-state index contributed by atoms with van der Waals surface area (Å²) >= 11 is 5.96. The Kier molecular flexibility index (Phi) is 6.33. The van der Waals surface area contributed by atoms with Crippen molar-refractivity contribution in [3.05, 3.63) is 94.5 Å². The largest absolute Gasteiger partial charge is 0.446 e. The van der Waals surface area contributed by atoms with E-state index in [9.17, 15) is 9.59 Å². The Morgan fingerprint density at radius 2 is 1.73 bits per heavy atom. The summed E-state index contributed by atoms with van der Waals surface area (Å²) in [5.41, 5.74) is 3.63. The predicted molar refractivity (Wildman–Crippen MR) is 129 cm³/mol. The van der Waals surface area contributed by atoms with E-state index in [1.165, 1.54) is 11.9 Å². The number of anilines is 2. The van der Waals surface area contributed by atoms with E-state index >= 15 is 0 Å². The van der Waals surface area contributed by atoms with Crippen LogP contribution in [0.15, 0.2) is 77.9 Å². The lowest BCUT2D eigenvalue weighted by Crippen LogP contribution is -2.25. The number of hydrogen-bond donors (Lipinski definition) is 1. The molecule has 33 heavy (non-hydrogen) atoms. The maximum absolute atomic E-state index is 12.4. The monoisotopic (exact) mass is 462 g/mol. The van der Waals surface area contributed by atoms with Crippen LogP contribution in [0.4, 0.5) is 11.4 Å². The fourth-order valence-electron chi connectivity index (χ4n) is 3.37. The summed E-state index contributed by atoms with van der Waals surface area (Å²) in [5, 5.41) is 9.03. The van der Waals surface area contributed by atoms with Gasteiger partial charge >= 0.3 is 0 Å². The molecule has 0 saturated carbocycles. The van der Waals surface area contributed by atoms with Crippen LogP contribution in [0.1, 0.15) is 34.6 Å². The highest BCUT2D eigenvalue weighted by atomic mass is 35.5. The van der Waals surface area contributed by atoms with Gasteiger partial charge in [0.1, 0.15) is 0 Å². The molecule has 3 aromatic rings. The highest BCUT2D eigenvalue weighted by Gasteiger charge is 2.33. The molecular formula is C25H23ClN4O3. The molecule has 3 aromatic carbocycles. The summed E-state index contributed by atoms with van der Waals surface area (Å²) in [7, 11) is 3.93.